The minimum atomic E-state index is -4.45. The van der Waals surface area contributed by atoms with Crippen LogP contribution in [-0.2, 0) is 0 Å². The molecule has 0 unspecified atom stereocenters. The molecule has 0 saturated heterocycles. The molecular formula is C24H19F3. The van der Waals surface area contributed by atoms with Gasteiger partial charge in [-0.3, -0.25) is 0 Å². The maximum atomic E-state index is 13.8. The van der Waals surface area contributed by atoms with Crippen LogP contribution < -0.4 is 0 Å². The Morgan fingerprint density at radius 3 is 2.00 bits per heavy atom. The summed E-state index contributed by atoms with van der Waals surface area (Å²) < 4.78 is 41.4. The van der Waals surface area contributed by atoms with Crippen molar-refractivity contribution < 1.29 is 13.2 Å². The van der Waals surface area contributed by atoms with E-state index < -0.39 is 11.7 Å². The lowest BCUT2D eigenvalue weighted by molar-refractivity contribution is -0.0683. The van der Waals surface area contributed by atoms with Crippen molar-refractivity contribution in [2.45, 2.75) is 13.1 Å². The zero-order chi connectivity index (χ0) is 19.3. The molecule has 0 aliphatic rings. The van der Waals surface area contributed by atoms with Crippen LogP contribution in [0.5, 0.6) is 0 Å². The molecule has 0 N–H and O–H groups in total. The van der Waals surface area contributed by atoms with E-state index in [9.17, 15) is 13.2 Å². The van der Waals surface area contributed by atoms with Gasteiger partial charge in [0.2, 0.25) is 0 Å². The summed E-state index contributed by atoms with van der Waals surface area (Å²) in [6.07, 6.45) is 0.293. The molecule has 3 heteroatoms. The smallest absolute Gasteiger partial charge is 0.166 e. The van der Waals surface area contributed by atoms with Crippen LogP contribution in [0.1, 0.15) is 27.8 Å². The zero-order valence-corrected chi connectivity index (χ0v) is 14.9. The van der Waals surface area contributed by atoms with E-state index in [1.54, 1.807) is 54.6 Å². The molecule has 0 radical (unpaired) electrons. The largest absolute Gasteiger partial charge is 0.417 e. The van der Waals surface area contributed by atoms with Crippen LogP contribution in [0, 0.1) is 6.92 Å². The number of halogens is 3. The van der Waals surface area contributed by atoms with Gasteiger partial charge in [0.15, 0.2) is 0 Å². The fourth-order valence-electron chi connectivity index (χ4n) is 2.78. The monoisotopic (exact) mass is 364 g/mol. The standard InChI is InChI=1S/C24H19F3/c1-18-11-13-19(14-12-18)15-16-21-9-5-6-10-22(21)23(24(25,26)27)17-20-7-3-2-4-8-20/h2-17H,1H3/b16-15+,23-17+. The summed E-state index contributed by atoms with van der Waals surface area (Å²) >= 11 is 0. The summed E-state index contributed by atoms with van der Waals surface area (Å²) in [5.74, 6) is 0. The lowest BCUT2D eigenvalue weighted by atomic mass is 9.96. The number of rotatable bonds is 4. The van der Waals surface area contributed by atoms with Gasteiger partial charge in [0.25, 0.3) is 0 Å². The first-order valence-electron chi connectivity index (χ1n) is 8.61. The van der Waals surface area contributed by atoms with Crippen LogP contribution in [0.4, 0.5) is 13.2 Å². The minimum absolute atomic E-state index is 0.164. The van der Waals surface area contributed by atoms with E-state index >= 15 is 0 Å². The molecule has 3 aromatic rings. The molecule has 0 aromatic heterocycles. The van der Waals surface area contributed by atoms with Crippen LogP contribution >= 0.6 is 0 Å². The highest BCUT2D eigenvalue weighted by Crippen LogP contribution is 2.37. The molecule has 0 fully saturated rings. The first-order valence-corrected chi connectivity index (χ1v) is 8.61. The molecule has 0 atom stereocenters. The number of aryl methyl sites for hydroxylation is 1. The molecule has 0 nitrogen and oxygen atoms in total. The molecule has 0 spiro atoms. The molecule has 3 aromatic carbocycles. The average Bonchev–Trinajstić information content (AvgIpc) is 2.66. The summed E-state index contributed by atoms with van der Waals surface area (Å²) in [4.78, 5) is 0. The second-order valence-corrected chi connectivity index (χ2v) is 6.30. The second kappa shape index (κ2) is 8.09. The van der Waals surface area contributed by atoms with Gasteiger partial charge >= 0.3 is 6.18 Å². The van der Waals surface area contributed by atoms with Gasteiger partial charge in [-0.05, 0) is 35.3 Å². The van der Waals surface area contributed by atoms with Gasteiger partial charge < -0.3 is 0 Å². The molecule has 0 aliphatic carbocycles. The van der Waals surface area contributed by atoms with Crippen molar-refractivity contribution in [3.05, 3.63) is 107 Å². The van der Waals surface area contributed by atoms with Crippen LogP contribution in [0.3, 0.4) is 0 Å². The Morgan fingerprint density at radius 2 is 1.33 bits per heavy atom. The van der Waals surface area contributed by atoms with Crippen molar-refractivity contribution in [1.82, 2.24) is 0 Å². The Kier molecular flexibility index (Phi) is 5.60. The van der Waals surface area contributed by atoms with Crippen molar-refractivity contribution in [2.75, 3.05) is 0 Å². The third kappa shape index (κ3) is 4.98. The Balaban J connectivity index is 2.04. The molecule has 136 valence electrons. The van der Waals surface area contributed by atoms with Crippen LogP contribution in [0.25, 0.3) is 23.8 Å². The van der Waals surface area contributed by atoms with Crippen molar-refractivity contribution >= 4 is 23.8 Å². The molecule has 3 rings (SSSR count). The summed E-state index contributed by atoms with van der Waals surface area (Å²) in [5, 5.41) is 0. The number of benzene rings is 3. The molecule has 0 heterocycles. The first kappa shape index (κ1) is 18.7. The van der Waals surface area contributed by atoms with Gasteiger partial charge in [0.1, 0.15) is 0 Å². The van der Waals surface area contributed by atoms with Crippen molar-refractivity contribution in [3.8, 4) is 0 Å². The van der Waals surface area contributed by atoms with E-state index in [2.05, 4.69) is 0 Å². The van der Waals surface area contributed by atoms with Crippen molar-refractivity contribution in [2.24, 2.45) is 0 Å². The second-order valence-electron chi connectivity index (χ2n) is 6.30. The van der Waals surface area contributed by atoms with E-state index in [0.717, 1.165) is 11.1 Å². The van der Waals surface area contributed by atoms with E-state index in [1.165, 1.54) is 12.1 Å². The van der Waals surface area contributed by atoms with E-state index in [0.29, 0.717) is 11.1 Å². The summed E-state index contributed by atoms with van der Waals surface area (Å²) in [7, 11) is 0. The summed E-state index contributed by atoms with van der Waals surface area (Å²) in [5.41, 5.74) is 2.63. The molecule has 0 bridgehead atoms. The summed E-state index contributed by atoms with van der Waals surface area (Å²) in [6, 6.07) is 23.0. The number of hydrogen-bond donors (Lipinski definition) is 0. The Hall–Kier alpha value is -3.07. The van der Waals surface area contributed by atoms with Gasteiger partial charge in [-0.25, -0.2) is 0 Å². The number of alkyl halides is 3. The van der Waals surface area contributed by atoms with Crippen LogP contribution in [0.2, 0.25) is 0 Å². The Bertz CT molecular complexity index is 947. The third-order valence-corrected chi connectivity index (χ3v) is 4.20. The average molecular weight is 364 g/mol. The molecule has 0 aliphatic heterocycles. The predicted octanol–water partition coefficient (Wildman–Crippen LogP) is 7.27. The highest BCUT2D eigenvalue weighted by molar-refractivity contribution is 5.89. The first-order chi connectivity index (χ1) is 12.9. The van der Waals surface area contributed by atoms with Gasteiger partial charge in [0.05, 0.1) is 5.57 Å². The fraction of sp³-hybridized carbons (Fsp3) is 0.0833. The van der Waals surface area contributed by atoms with E-state index in [1.807, 2.05) is 37.3 Å². The van der Waals surface area contributed by atoms with Crippen LogP contribution in [-0.4, -0.2) is 6.18 Å². The van der Waals surface area contributed by atoms with E-state index in [-0.39, 0.29) is 5.56 Å². The normalized spacial score (nSPS) is 12.5. The fourth-order valence-corrected chi connectivity index (χ4v) is 2.78. The van der Waals surface area contributed by atoms with E-state index in [4.69, 9.17) is 0 Å². The maximum Gasteiger partial charge on any atom is 0.417 e. The molecule has 0 amide bonds. The topological polar surface area (TPSA) is 0 Å². The molecule has 0 saturated carbocycles. The molecule has 27 heavy (non-hydrogen) atoms. The zero-order valence-electron chi connectivity index (χ0n) is 14.9. The van der Waals surface area contributed by atoms with Gasteiger partial charge in [-0.2, -0.15) is 13.2 Å². The lowest BCUT2D eigenvalue weighted by Crippen LogP contribution is -2.11. The number of allylic oxidation sites excluding steroid dienone is 1. The number of hydrogen-bond acceptors (Lipinski definition) is 0. The lowest BCUT2D eigenvalue weighted by Gasteiger charge is -2.15. The van der Waals surface area contributed by atoms with Gasteiger partial charge in [0, 0.05) is 0 Å². The Labute approximate surface area is 157 Å². The van der Waals surface area contributed by atoms with Crippen LogP contribution in [0.15, 0.2) is 78.9 Å². The highest BCUT2D eigenvalue weighted by atomic mass is 19.4. The van der Waals surface area contributed by atoms with Crippen molar-refractivity contribution in [1.29, 1.82) is 0 Å². The minimum Gasteiger partial charge on any atom is -0.166 e. The van der Waals surface area contributed by atoms with Crippen molar-refractivity contribution in [3.63, 3.8) is 0 Å². The molecular weight excluding hydrogens is 345 g/mol. The highest BCUT2D eigenvalue weighted by Gasteiger charge is 2.35. The quantitative estimate of drug-likeness (QED) is 0.427. The Morgan fingerprint density at radius 1 is 0.704 bits per heavy atom. The van der Waals surface area contributed by atoms with Gasteiger partial charge in [-0.1, -0.05) is 96.6 Å². The third-order valence-electron chi connectivity index (χ3n) is 4.20. The SMILES string of the molecule is Cc1ccc(/C=C/c2ccccc2/C(=C\c2ccccc2)C(F)(F)F)cc1. The predicted molar refractivity (Wildman–Crippen MR) is 107 cm³/mol. The maximum absolute atomic E-state index is 13.8. The van der Waals surface area contributed by atoms with Gasteiger partial charge in [-0.15, -0.1) is 0 Å². The summed E-state index contributed by atoms with van der Waals surface area (Å²) in [6.45, 7) is 1.99.